The summed E-state index contributed by atoms with van der Waals surface area (Å²) in [6.45, 7) is 4.63. The van der Waals surface area contributed by atoms with Crippen LogP contribution in [0.4, 0.5) is 0 Å². The van der Waals surface area contributed by atoms with Gasteiger partial charge in [-0.25, -0.2) is 0 Å². The highest BCUT2D eigenvalue weighted by Gasteiger charge is 2.35. The highest BCUT2D eigenvalue weighted by molar-refractivity contribution is 5.37. The van der Waals surface area contributed by atoms with E-state index in [0.29, 0.717) is 12.1 Å². The van der Waals surface area contributed by atoms with Gasteiger partial charge in [-0.15, -0.1) is 0 Å². The van der Waals surface area contributed by atoms with E-state index in [9.17, 15) is 0 Å². The first-order chi connectivity index (χ1) is 8.29. The Morgan fingerprint density at radius 1 is 1.18 bits per heavy atom. The van der Waals surface area contributed by atoms with Crippen molar-refractivity contribution in [2.45, 2.75) is 63.5 Å². The van der Waals surface area contributed by atoms with Gasteiger partial charge in [0.05, 0.1) is 0 Å². The third-order valence-corrected chi connectivity index (χ3v) is 4.44. The molecule has 0 amide bonds. The molecular formula is C16H23N. The number of benzene rings is 1. The molecule has 17 heavy (non-hydrogen) atoms. The lowest BCUT2D eigenvalue weighted by molar-refractivity contribution is 0.515. The number of hydrogen-bond acceptors (Lipinski definition) is 1. The van der Waals surface area contributed by atoms with Crippen molar-refractivity contribution in [3.8, 4) is 0 Å². The summed E-state index contributed by atoms with van der Waals surface area (Å²) in [5.41, 5.74) is 3.28. The fraction of sp³-hybridized carbons (Fsp3) is 0.625. The topological polar surface area (TPSA) is 12.0 Å². The van der Waals surface area contributed by atoms with E-state index in [1.54, 1.807) is 11.1 Å². The molecule has 3 atom stereocenters. The normalized spacial score (nSPS) is 32.9. The lowest BCUT2D eigenvalue weighted by atomic mass is 9.85. The van der Waals surface area contributed by atoms with Crippen molar-refractivity contribution in [2.75, 3.05) is 0 Å². The quantitative estimate of drug-likeness (QED) is 0.831. The van der Waals surface area contributed by atoms with Crippen LogP contribution in [-0.4, -0.2) is 12.1 Å². The van der Waals surface area contributed by atoms with Gasteiger partial charge in [-0.2, -0.15) is 0 Å². The van der Waals surface area contributed by atoms with Crippen LogP contribution in [0.1, 0.15) is 62.5 Å². The first-order valence-electron chi connectivity index (χ1n) is 7.14. The molecule has 3 rings (SSSR count). The average molecular weight is 229 g/mol. The van der Waals surface area contributed by atoms with E-state index < -0.39 is 0 Å². The predicted molar refractivity (Wildman–Crippen MR) is 72.5 cm³/mol. The van der Waals surface area contributed by atoms with E-state index in [2.05, 4.69) is 43.4 Å². The zero-order valence-corrected chi connectivity index (χ0v) is 10.9. The van der Waals surface area contributed by atoms with Gasteiger partial charge in [0.15, 0.2) is 0 Å². The van der Waals surface area contributed by atoms with Crippen LogP contribution < -0.4 is 5.32 Å². The van der Waals surface area contributed by atoms with Gasteiger partial charge in [-0.3, -0.25) is 0 Å². The molecule has 2 aliphatic rings. The summed E-state index contributed by atoms with van der Waals surface area (Å²) in [6, 6.07) is 10.5. The summed E-state index contributed by atoms with van der Waals surface area (Å²) in [5, 5.41) is 3.74. The Bertz CT molecular complexity index is 394. The van der Waals surface area contributed by atoms with Crippen LogP contribution >= 0.6 is 0 Å². The Kier molecular flexibility index (Phi) is 2.96. The second kappa shape index (κ2) is 4.45. The van der Waals surface area contributed by atoms with Gasteiger partial charge in [0.25, 0.3) is 0 Å². The number of rotatable bonds is 3. The lowest BCUT2D eigenvalue weighted by Gasteiger charge is -2.21. The van der Waals surface area contributed by atoms with Gasteiger partial charge in [0.2, 0.25) is 0 Å². The van der Waals surface area contributed by atoms with Crippen molar-refractivity contribution in [3.05, 3.63) is 35.4 Å². The molecule has 0 aromatic heterocycles. The first kappa shape index (κ1) is 11.3. The van der Waals surface area contributed by atoms with Gasteiger partial charge in [-0.1, -0.05) is 31.2 Å². The first-order valence-corrected chi connectivity index (χ1v) is 7.14. The lowest BCUT2D eigenvalue weighted by Crippen LogP contribution is -2.28. The van der Waals surface area contributed by atoms with Crippen LogP contribution in [0, 0.1) is 0 Å². The minimum atomic E-state index is 0.678. The molecule has 0 spiro atoms. The molecular weight excluding hydrogens is 206 g/mol. The molecule has 1 saturated carbocycles. The highest BCUT2D eigenvalue weighted by Crippen LogP contribution is 2.45. The average Bonchev–Trinajstić information content (AvgIpc) is 3.12. The van der Waals surface area contributed by atoms with E-state index >= 15 is 0 Å². The van der Waals surface area contributed by atoms with Gasteiger partial charge < -0.3 is 5.32 Å². The van der Waals surface area contributed by atoms with Crippen LogP contribution in [0.5, 0.6) is 0 Å². The minimum absolute atomic E-state index is 0.678. The molecule has 1 aliphatic carbocycles. The summed E-state index contributed by atoms with van der Waals surface area (Å²) in [5.74, 6) is 1.62. The maximum Gasteiger partial charge on any atom is 0.0136 e. The van der Waals surface area contributed by atoms with Crippen molar-refractivity contribution in [2.24, 2.45) is 0 Å². The Morgan fingerprint density at radius 3 is 2.53 bits per heavy atom. The van der Waals surface area contributed by atoms with Crippen LogP contribution in [0.2, 0.25) is 0 Å². The maximum absolute atomic E-state index is 3.74. The summed E-state index contributed by atoms with van der Waals surface area (Å²) in [6.07, 6.45) is 5.36. The van der Waals surface area contributed by atoms with Crippen molar-refractivity contribution in [1.82, 2.24) is 5.32 Å². The summed E-state index contributed by atoms with van der Waals surface area (Å²) in [7, 11) is 0. The molecule has 1 saturated heterocycles. The second-order valence-electron chi connectivity index (χ2n) is 5.83. The van der Waals surface area contributed by atoms with E-state index in [4.69, 9.17) is 0 Å². The Hall–Kier alpha value is -0.820. The fourth-order valence-corrected chi connectivity index (χ4v) is 3.46. The SMILES string of the molecule is CCC1NC(C)CC1c1ccccc1C1CC1. The van der Waals surface area contributed by atoms with E-state index in [1.807, 2.05) is 0 Å². The molecule has 2 fully saturated rings. The maximum atomic E-state index is 3.74. The van der Waals surface area contributed by atoms with Gasteiger partial charge >= 0.3 is 0 Å². The van der Waals surface area contributed by atoms with Crippen molar-refractivity contribution >= 4 is 0 Å². The summed E-state index contributed by atoms with van der Waals surface area (Å²) >= 11 is 0. The van der Waals surface area contributed by atoms with Crippen LogP contribution in [0.3, 0.4) is 0 Å². The fourth-order valence-electron chi connectivity index (χ4n) is 3.46. The Labute approximate surface area is 105 Å². The van der Waals surface area contributed by atoms with E-state index in [1.165, 1.54) is 25.7 Å². The van der Waals surface area contributed by atoms with Crippen LogP contribution in [-0.2, 0) is 0 Å². The largest absolute Gasteiger partial charge is 0.311 e. The van der Waals surface area contributed by atoms with Crippen LogP contribution in [0.25, 0.3) is 0 Å². The Balaban J connectivity index is 1.92. The third kappa shape index (κ3) is 2.13. The summed E-state index contributed by atoms with van der Waals surface area (Å²) < 4.78 is 0. The molecule has 1 aromatic rings. The molecule has 0 radical (unpaired) electrons. The molecule has 1 heteroatoms. The molecule has 1 aromatic carbocycles. The van der Waals surface area contributed by atoms with E-state index in [0.717, 1.165) is 11.8 Å². The van der Waals surface area contributed by atoms with Crippen molar-refractivity contribution in [3.63, 3.8) is 0 Å². The summed E-state index contributed by atoms with van der Waals surface area (Å²) in [4.78, 5) is 0. The Morgan fingerprint density at radius 2 is 1.88 bits per heavy atom. The van der Waals surface area contributed by atoms with Crippen molar-refractivity contribution in [1.29, 1.82) is 0 Å². The standard InChI is InChI=1S/C16H23N/c1-3-16-15(10-11(2)17-16)14-7-5-4-6-13(14)12-8-9-12/h4-7,11-12,15-17H,3,8-10H2,1-2H3. The molecule has 1 heterocycles. The van der Waals surface area contributed by atoms with Gasteiger partial charge in [0.1, 0.15) is 0 Å². The molecule has 1 N–H and O–H groups in total. The third-order valence-electron chi connectivity index (χ3n) is 4.44. The number of hydrogen-bond donors (Lipinski definition) is 1. The zero-order chi connectivity index (χ0) is 11.8. The zero-order valence-electron chi connectivity index (χ0n) is 10.9. The monoisotopic (exact) mass is 229 g/mol. The molecule has 0 bridgehead atoms. The number of nitrogens with one attached hydrogen (secondary N) is 1. The molecule has 1 aliphatic heterocycles. The predicted octanol–water partition coefficient (Wildman–Crippen LogP) is 3.81. The van der Waals surface area contributed by atoms with Crippen LogP contribution in [0.15, 0.2) is 24.3 Å². The smallest absolute Gasteiger partial charge is 0.0136 e. The molecule has 1 nitrogen and oxygen atoms in total. The molecule has 92 valence electrons. The van der Waals surface area contributed by atoms with Crippen molar-refractivity contribution < 1.29 is 0 Å². The second-order valence-corrected chi connectivity index (χ2v) is 5.83. The molecule has 3 unspecified atom stereocenters. The van der Waals surface area contributed by atoms with E-state index in [-0.39, 0.29) is 0 Å². The van der Waals surface area contributed by atoms with Gasteiger partial charge in [0, 0.05) is 18.0 Å². The highest BCUT2D eigenvalue weighted by atomic mass is 15.0. The minimum Gasteiger partial charge on any atom is -0.311 e. The van der Waals surface area contributed by atoms with Gasteiger partial charge in [-0.05, 0) is 49.7 Å².